The number of carbonyl (C=O) groups is 1. The van der Waals surface area contributed by atoms with E-state index in [2.05, 4.69) is 31.5 Å². The molecule has 0 radical (unpaired) electrons. The second kappa shape index (κ2) is 6.38. The van der Waals surface area contributed by atoms with Gasteiger partial charge in [0, 0.05) is 0 Å². The van der Waals surface area contributed by atoms with Gasteiger partial charge in [0.2, 0.25) is 0 Å². The number of para-hydroxylation sites is 2. The van der Waals surface area contributed by atoms with E-state index in [1.54, 1.807) is 31.4 Å². The van der Waals surface area contributed by atoms with Crippen LogP contribution in [0.15, 0.2) is 41.0 Å². The van der Waals surface area contributed by atoms with Gasteiger partial charge in [-0.15, -0.1) is 0 Å². The summed E-state index contributed by atoms with van der Waals surface area (Å²) in [6.45, 7) is 1.82. The predicted octanol–water partition coefficient (Wildman–Crippen LogP) is 3.81. The SMILES string of the molecule is COc1ccccc1NC(=O)Nc1ccc(Br)nc1C. The summed E-state index contributed by atoms with van der Waals surface area (Å²) < 4.78 is 5.90. The molecule has 2 aromatic rings. The quantitative estimate of drug-likeness (QED) is 0.838. The highest BCUT2D eigenvalue weighted by molar-refractivity contribution is 9.10. The molecule has 0 aliphatic rings. The Morgan fingerprint density at radius 2 is 1.85 bits per heavy atom. The normalized spacial score (nSPS) is 9.95. The van der Waals surface area contributed by atoms with Crippen molar-refractivity contribution in [2.45, 2.75) is 6.92 Å². The lowest BCUT2D eigenvalue weighted by atomic mass is 10.3. The summed E-state index contributed by atoms with van der Waals surface area (Å²) in [5, 5.41) is 5.49. The molecular formula is C14H14BrN3O2. The van der Waals surface area contributed by atoms with E-state index in [1.165, 1.54) is 0 Å². The Bertz CT molecular complexity index is 632. The van der Waals surface area contributed by atoms with Crippen molar-refractivity contribution in [1.29, 1.82) is 0 Å². The van der Waals surface area contributed by atoms with Gasteiger partial charge in [-0.2, -0.15) is 0 Å². The molecule has 5 nitrogen and oxygen atoms in total. The molecule has 0 aliphatic carbocycles. The minimum atomic E-state index is -0.346. The maximum Gasteiger partial charge on any atom is 0.323 e. The number of pyridine rings is 1. The number of benzene rings is 1. The second-order valence-electron chi connectivity index (χ2n) is 4.05. The van der Waals surface area contributed by atoms with Crippen LogP contribution in [0.25, 0.3) is 0 Å². The number of nitrogens with one attached hydrogen (secondary N) is 2. The van der Waals surface area contributed by atoms with Crippen molar-refractivity contribution in [3.8, 4) is 5.75 Å². The van der Waals surface area contributed by atoms with E-state index in [1.807, 2.05) is 19.1 Å². The fourth-order valence-electron chi connectivity index (χ4n) is 1.69. The van der Waals surface area contributed by atoms with Crippen LogP contribution in [0.5, 0.6) is 5.75 Å². The molecule has 0 unspecified atom stereocenters. The highest BCUT2D eigenvalue weighted by Crippen LogP contribution is 2.23. The number of hydrogen-bond acceptors (Lipinski definition) is 3. The van der Waals surface area contributed by atoms with Gasteiger partial charge < -0.3 is 15.4 Å². The van der Waals surface area contributed by atoms with Gasteiger partial charge in [0.1, 0.15) is 10.4 Å². The van der Waals surface area contributed by atoms with Gasteiger partial charge in [-0.25, -0.2) is 9.78 Å². The van der Waals surface area contributed by atoms with E-state index >= 15 is 0 Å². The molecule has 1 heterocycles. The number of carbonyl (C=O) groups excluding carboxylic acids is 1. The molecule has 2 amide bonds. The van der Waals surface area contributed by atoms with Gasteiger partial charge in [-0.3, -0.25) is 0 Å². The molecule has 104 valence electrons. The Hall–Kier alpha value is -2.08. The maximum atomic E-state index is 12.0. The number of halogens is 1. The van der Waals surface area contributed by atoms with Gasteiger partial charge in [0.25, 0.3) is 0 Å². The minimum Gasteiger partial charge on any atom is -0.495 e. The molecular weight excluding hydrogens is 322 g/mol. The largest absolute Gasteiger partial charge is 0.495 e. The van der Waals surface area contributed by atoms with Crippen LogP contribution in [0.3, 0.4) is 0 Å². The van der Waals surface area contributed by atoms with Crippen LogP contribution in [0.1, 0.15) is 5.69 Å². The average Bonchev–Trinajstić information content (AvgIpc) is 2.42. The van der Waals surface area contributed by atoms with Gasteiger partial charge >= 0.3 is 6.03 Å². The van der Waals surface area contributed by atoms with Crippen molar-refractivity contribution >= 4 is 33.3 Å². The standard InChI is InChI=1S/C14H14BrN3O2/c1-9-10(7-8-13(15)16-9)17-14(19)18-11-5-3-4-6-12(11)20-2/h3-8H,1-2H3,(H2,17,18,19). The van der Waals surface area contributed by atoms with Crippen LogP contribution in [0.4, 0.5) is 16.2 Å². The van der Waals surface area contributed by atoms with Crippen molar-refractivity contribution in [2.24, 2.45) is 0 Å². The topological polar surface area (TPSA) is 63.2 Å². The van der Waals surface area contributed by atoms with Gasteiger partial charge in [0.15, 0.2) is 0 Å². The number of anilines is 2. The molecule has 2 rings (SSSR count). The third-order valence-corrected chi connectivity index (χ3v) is 3.10. The first-order chi connectivity index (χ1) is 9.60. The summed E-state index contributed by atoms with van der Waals surface area (Å²) in [6, 6.07) is 10.4. The number of aromatic nitrogens is 1. The zero-order chi connectivity index (χ0) is 14.5. The molecule has 0 aliphatic heterocycles. The van der Waals surface area contributed by atoms with Crippen molar-refractivity contribution < 1.29 is 9.53 Å². The van der Waals surface area contributed by atoms with E-state index < -0.39 is 0 Å². The molecule has 0 spiro atoms. The predicted molar refractivity (Wildman–Crippen MR) is 82.3 cm³/mol. The summed E-state index contributed by atoms with van der Waals surface area (Å²) in [4.78, 5) is 16.2. The van der Waals surface area contributed by atoms with Crippen LogP contribution < -0.4 is 15.4 Å². The first-order valence-corrected chi connectivity index (χ1v) is 6.73. The van der Waals surface area contributed by atoms with Crippen molar-refractivity contribution in [3.63, 3.8) is 0 Å². The Labute approximate surface area is 125 Å². The molecule has 0 bridgehead atoms. The van der Waals surface area contributed by atoms with E-state index in [9.17, 15) is 4.79 Å². The van der Waals surface area contributed by atoms with Crippen LogP contribution in [-0.4, -0.2) is 18.1 Å². The zero-order valence-corrected chi connectivity index (χ0v) is 12.7. The Balaban J connectivity index is 2.09. The molecule has 20 heavy (non-hydrogen) atoms. The number of rotatable bonds is 3. The third-order valence-electron chi connectivity index (χ3n) is 2.66. The molecule has 0 atom stereocenters. The van der Waals surface area contributed by atoms with Crippen LogP contribution >= 0.6 is 15.9 Å². The smallest absolute Gasteiger partial charge is 0.323 e. The van der Waals surface area contributed by atoms with E-state index in [4.69, 9.17) is 4.74 Å². The summed E-state index contributed by atoms with van der Waals surface area (Å²) in [5.41, 5.74) is 1.99. The lowest BCUT2D eigenvalue weighted by molar-refractivity contribution is 0.262. The lowest BCUT2D eigenvalue weighted by Gasteiger charge is -2.12. The van der Waals surface area contributed by atoms with E-state index in [-0.39, 0.29) is 6.03 Å². The van der Waals surface area contributed by atoms with E-state index in [0.29, 0.717) is 17.1 Å². The monoisotopic (exact) mass is 335 g/mol. The van der Waals surface area contributed by atoms with Crippen molar-refractivity contribution in [2.75, 3.05) is 17.7 Å². The van der Waals surface area contributed by atoms with Crippen LogP contribution in [0, 0.1) is 6.92 Å². The molecule has 0 fully saturated rings. The highest BCUT2D eigenvalue weighted by atomic mass is 79.9. The van der Waals surface area contributed by atoms with Gasteiger partial charge in [-0.05, 0) is 47.1 Å². The number of aryl methyl sites for hydroxylation is 1. The molecule has 1 aromatic heterocycles. The van der Waals surface area contributed by atoms with Crippen molar-refractivity contribution in [3.05, 3.63) is 46.7 Å². The summed E-state index contributed by atoms with van der Waals surface area (Å²) in [7, 11) is 1.56. The number of nitrogens with zero attached hydrogens (tertiary/aromatic N) is 1. The zero-order valence-electron chi connectivity index (χ0n) is 11.1. The lowest BCUT2D eigenvalue weighted by Crippen LogP contribution is -2.20. The van der Waals surface area contributed by atoms with Gasteiger partial charge in [0.05, 0.1) is 24.2 Å². The maximum absolute atomic E-state index is 12.0. The minimum absolute atomic E-state index is 0.346. The first kappa shape index (κ1) is 14.3. The summed E-state index contributed by atoms with van der Waals surface area (Å²) >= 11 is 3.28. The molecule has 1 aromatic carbocycles. The first-order valence-electron chi connectivity index (χ1n) is 5.94. The number of urea groups is 1. The number of amides is 2. The molecule has 6 heteroatoms. The fraction of sp³-hybridized carbons (Fsp3) is 0.143. The van der Waals surface area contributed by atoms with E-state index in [0.717, 1.165) is 10.3 Å². The molecule has 0 saturated carbocycles. The number of hydrogen-bond donors (Lipinski definition) is 2. The van der Waals surface area contributed by atoms with Crippen LogP contribution in [-0.2, 0) is 0 Å². The fourth-order valence-corrected chi connectivity index (χ4v) is 2.08. The number of methoxy groups -OCH3 is 1. The second-order valence-corrected chi connectivity index (χ2v) is 4.86. The Kier molecular flexibility index (Phi) is 4.57. The Morgan fingerprint density at radius 1 is 1.15 bits per heavy atom. The van der Waals surface area contributed by atoms with Gasteiger partial charge in [-0.1, -0.05) is 12.1 Å². The van der Waals surface area contributed by atoms with Crippen molar-refractivity contribution in [1.82, 2.24) is 4.98 Å². The average molecular weight is 336 g/mol. The summed E-state index contributed by atoms with van der Waals surface area (Å²) in [5.74, 6) is 0.605. The third kappa shape index (κ3) is 3.48. The number of ether oxygens (including phenoxy) is 1. The highest BCUT2D eigenvalue weighted by Gasteiger charge is 2.08. The summed E-state index contributed by atoms with van der Waals surface area (Å²) in [6.07, 6.45) is 0. The molecule has 0 saturated heterocycles. The Morgan fingerprint density at radius 3 is 2.55 bits per heavy atom. The van der Waals surface area contributed by atoms with Crippen LogP contribution in [0.2, 0.25) is 0 Å². The molecule has 2 N–H and O–H groups in total.